The van der Waals surface area contributed by atoms with Crippen molar-refractivity contribution in [3.8, 4) is 0 Å². The molecule has 2 aromatic rings. The average molecular weight is 359 g/mol. The van der Waals surface area contributed by atoms with Gasteiger partial charge in [0.15, 0.2) is 5.89 Å². The van der Waals surface area contributed by atoms with Gasteiger partial charge in [0.05, 0.1) is 5.69 Å². The van der Waals surface area contributed by atoms with E-state index in [1.807, 2.05) is 13.8 Å². The van der Waals surface area contributed by atoms with Gasteiger partial charge in [-0.25, -0.2) is 9.37 Å². The van der Waals surface area contributed by atoms with E-state index < -0.39 is 0 Å². The summed E-state index contributed by atoms with van der Waals surface area (Å²) in [5, 5.41) is 0. The topological polar surface area (TPSA) is 66.7 Å². The fourth-order valence-corrected chi connectivity index (χ4v) is 2.95. The molecule has 0 atom stereocenters. The van der Waals surface area contributed by atoms with Crippen LogP contribution in [0.2, 0.25) is 0 Å². The SMILES string of the molecule is Cc1nc(CCC(=O)N2CCN(C(=O)c3ccc(F)cc3)CC2)oc1C. The van der Waals surface area contributed by atoms with E-state index in [0.29, 0.717) is 50.5 Å². The standard InChI is InChI=1S/C19H22FN3O3/c1-13-14(2)26-17(21-13)7-8-18(24)22-9-11-23(12-10-22)19(25)15-3-5-16(20)6-4-15/h3-6H,7-12H2,1-2H3. The third kappa shape index (κ3) is 4.09. The van der Waals surface area contributed by atoms with Gasteiger partial charge >= 0.3 is 0 Å². The van der Waals surface area contributed by atoms with Gasteiger partial charge in [0.2, 0.25) is 5.91 Å². The molecule has 0 saturated carbocycles. The van der Waals surface area contributed by atoms with E-state index in [0.717, 1.165) is 11.5 Å². The molecule has 1 fully saturated rings. The highest BCUT2D eigenvalue weighted by molar-refractivity contribution is 5.94. The Bertz CT molecular complexity index is 773. The molecule has 2 heterocycles. The van der Waals surface area contributed by atoms with E-state index in [4.69, 9.17) is 4.42 Å². The number of carbonyl (C=O) groups is 2. The first-order valence-corrected chi connectivity index (χ1v) is 8.69. The summed E-state index contributed by atoms with van der Waals surface area (Å²) in [5.74, 6) is 0.891. The highest BCUT2D eigenvalue weighted by atomic mass is 19.1. The number of rotatable bonds is 4. The molecule has 6 nitrogen and oxygen atoms in total. The highest BCUT2D eigenvalue weighted by Gasteiger charge is 2.25. The Balaban J connectivity index is 1.48. The van der Waals surface area contributed by atoms with E-state index in [2.05, 4.69) is 4.98 Å². The number of oxazole rings is 1. The van der Waals surface area contributed by atoms with E-state index in [1.54, 1.807) is 9.80 Å². The van der Waals surface area contributed by atoms with Crippen molar-refractivity contribution in [3.05, 3.63) is 53.0 Å². The smallest absolute Gasteiger partial charge is 0.253 e. The van der Waals surface area contributed by atoms with Gasteiger partial charge in [-0.2, -0.15) is 0 Å². The first-order chi connectivity index (χ1) is 12.4. The maximum Gasteiger partial charge on any atom is 0.253 e. The Morgan fingerprint density at radius 3 is 2.27 bits per heavy atom. The van der Waals surface area contributed by atoms with Crippen molar-refractivity contribution in [1.29, 1.82) is 0 Å². The van der Waals surface area contributed by atoms with Crippen LogP contribution < -0.4 is 0 Å². The van der Waals surface area contributed by atoms with E-state index >= 15 is 0 Å². The van der Waals surface area contributed by atoms with Crippen LogP contribution in [0, 0.1) is 19.7 Å². The number of halogens is 1. The van der Waals surface area contributed by atoms with Gasteiger partial charge < -0.3 is 14.2 Å². The zero-order valence-corrected chi connectivity index (χ0v) is 15.0. The predicted octanol–water partition coefficient (Wildman–Crippen LogP) is 2.35. The van der Waals surface area contributed by atoms with Crippen LogP contribution in [0.3, 0.4) is 0 Å². The zero-order chi connectivity index (χ0) is 18.7. The second-order valence-corrected chi connectivity index (χ2v) is 6.43. The summed E-state index contributed by atoms with van der Waals surface area (Å²) in [6.07, 6.45) is 0.813. The van der Waals surface area contributed by atoms with E-state index in [9.17, 15) is 14.0 Å². The molecule has 1 aromatic heterocycles. The van der Waals surface area contributed by atoms with Crippen LogP contribution in [0.25, 0.3) is 0 Å². The summed E-state index contributed by atoms with van der Waals surface area (Å²) < 4.78 is 18.5. The maximum atomic E-state index is 13.0. The second kappa shape index (κ2) is 7.68. The van der Waals surface area contributed by atoms with Gasteiger partial charge in [0.25, 0.3) is 5.91 Å². The molecule has 7 heteroatoms. The molecule has 1 saturated heterocycles. The molecule has 0 spiro atoms. The van der Waals surface area contributed by atoms with Gasteiger partial charge in [-0.1, -0.05) is 0 Å². The number of carbonyl (C=O) groups excluding carboxylic acids is 2. The van der Waals surface area contributed by atoms with Crippen molar-refractivity contribution in [2.24, 2.45) is 0 Å². The normalized spacial score (nSPS) is 14.6. The third-order valence-electron chi connectivity index (χ3n) is 4.64. The lowest BCUT2D eigenvalue weighted by molar-refractivity contribution is -0.132. The first-order valence-electron chi connectivity index (χ1n) is 8.69. The van der Waals surface area contributed by atoms with Crippen molar-refractivity contribution in [1.82, 2.24) is 14.8 Å². The number of aryl methyl sites for hydroxylation is 3. The molecule has 0 unspecified atom stereocenters. The number of piperazine rings is 1. The Morgan fingerprint density at radius 1 is 1.08 bits per heavy atom. The highest BCUT2D eigenvalue weighted by Crippen LogP contribution is 2.13. The third-order valence-corrected chi connectivity index (χ3v) is 4.64. The lowest BCUT2D eigenvalue weighted by Gasteiger charge is -2.34. The molecule has 0 aliphatic carbocycles. The summed E-state index contributed by atoms with van der Waals surface area (Å²) in [4.78, 5) is 32.5. The summed E-state index contributed by atoms with van der Waals surface area (Å²) in [5.41, 5.74) is 1.31. The summed E-state index contributed by atoms with van der Waals surface area (Å²) in [6, 6.07) is 5.52. The van der Waals surface area contributed by atoms with Crippen LogP contribution in [0.5, 0.6) is 0 Å². The van der Waals surface area contributed by atoms with Crippen molar-refractivity contribution in [3.63, 3.8) is 0 Å². The Labute approximate surface area is 151 Å². The molecule has 1 aliphatic heterocycles. The number of amides is 2. The van der Waals surface area contributed by atoms with Crippen LogP contribution in [0.4, 0.5) is 4.39 Å². The molecule has 0 N–H and O–H groups in total. The number of nitrogens with zero attached hydrogens (tertiary/aromatic N) is 3. The molecule has 0 bridgehead atoms. The lowest BCUT2D eigenvalue weighted by atomic mass is 10.1. The summed E-state index contributed by atoms with van der Waals surface area (Å²) in [7, 11) is 0. The van der Waals surface area contributed by atoms with Gasteiger partial charge in [-0.15, -0.1) is 0 Å². The Morgan fingerprint density at radius 2 is 1.69 bits per heavy atom. The molecule has 0 radical (unpaired) electrons. The van der Waals surface area contributed by atoms with Gasteiger partial charge in [0.1, 0.15) is 11.6 Å². The Hall–Kier alpha value is -2.70. The lowest BCUT2D eigenvalue weighted by Crippen LogP contribution is -2.50. The fraction of sp³-hybridized carbons (Fsp3) is 0.421. The van der Waals surface area contributed by atoms with Crippen LogP contribution in [-0.2, 0) is 11.2 Å². The van der Waals surface area contributed by atoms with Crippen molar-refractivity contribution in [2.75, 3.05) is 26.2 Å². The summed E-state index contributed by atoms with van der Waals surface area (Å²) in [6.45, 7) is 5.66. The number of aromatic nitrogens is 1. The van der Waals surface area contributed by atoms with Crippen LogP contribution in [0.15, 0.2) is 28.7 Å². The molecule has 2 amide bonds. The Kier molecular flexibility index (Phi) is 5.35. The maximum absolute atomic E-state index is 13.0. The van der Waals surface area contributed by atoms with Gasteiger partial charge in [0, 0.05) is 44.6 Å². The minimum Gasteiger partial charge on any atom is -0.446 e. The van der Waals surface area contributed by atoms with Crippen LogP contribution in [0.1, 0.15) is 34.1 Å². The molecule has 1 aliphatic rings. The number of hydrogen-bond donors (Lipinski definition) is 0. The van der Waals surface area contributed by atoms with Crippen LogP contribution in [-0.4, -0.2) is 52.8 Å². The van der Waals surface area contributed by atoms with Crippen molar-refractivity contribution >= 4 is 11.8 Å². The number of hydrogen-bond acceptors (Lipinski definition) is 4. The molecular formula is C19H22FN3O3. The van der Waals surface area contributed by atoms with Gasteiger partial charge in [-0.05, 0) is 38.1 Å². The van der Waals surface area contributed by atoms with E-state index in [-0.39, 0.29) is 17.6 Å². The quantitative estimate of drug-likeness (QED) is 0.840. The molecule has 1 aromatic carbocycles. The molecule has 26 heavy (non-hydrogen) atoms. The number of benzene rings is 1. The average Bonchev–Trinajstić information content (AvgIpc) is 2.98. The second-order valence-electron chi connectivity index (χ2n) is 6.43. The molecule has 138 valence electrons. The molecular weight excluding hydrogens is 337 g/mol. The minimum atomic E-state index is -0.367. The fourth-order valence-electron chi connectivity index (χ4n) is 2.95. The zero-order valence-electron chi connectivity index (χ0n) is 15.0. The van der Waals surface area contributed by atoms with Crippen LogP contribution >= 0.6 is 0 Å². The largest absolute Gasteiger partial charge is 0.446 e. The van der Waals surface area contributed by atoms with Crippen molar-refractivity contribution < 1.29 is 18.4 Å². The molecule has 3 rings (SSSR count). The first kappa shape index (κ1) is 18.1. The summed E-state index contributed by atoms with van der Waals surface area (Å²) >= 11 is 0. The minimum absolute atomic E-state index is 0.0346. The van der Waals surface area contributed by atoms with Crippen molar-refractivity contribution in [2.45, 2.75) is 26.7 Å². The predicted molar refractivity (Wildman–Crippen MR) is 93.2 cm³/mol. The van der Waals surface area contributed by atoms with Gasteiger partial charge in [-0.3, -0.25) is 9.59 Å². The monoisotopic (exact) mass is 359 g/mol. The van der Waals surface area contributed by atoms with E-state index in [1.165, 1.54) is 24.3 Å².